The number of carbonyl (C=O) groups excluding carboxylic acids is 1. The van der Waals surface area contributed by atoms with Crippen LogP contribution >= 0.6 is 0 Å². The number of aliphatic carboxylic acids is 1. The van der Waals surface area contributed by atoms with Crippen LogP contribution in [0.4, 0.5) is 0 Å². The van der Waals surface area contributed by atoms with E-state index in [1.54, 1.807) is 12.1 Å². The molecule has 2 N–H and O–H groups in total. The number of carbonyl (C=O) groups is 1. The first-order valence-electron chi connectivity index (χ1n) is 6.45. The lowest BCUT2D eigenvalue weighted by molar-refractivity contribution is -0.927. The molecule has 0 aromatic heterocycles. The first-order chi connectivity index (χ1) is 8.91. The molecule has 1 aromatic carbocycles. The summed E-state index contributed by atoms with van der Waals surface area (Å²) in [4.78, 5) is 10.8. The van der Waals surface area contributed by atoms with E-state index in [9.17, 15) is 20.1 Å². The van der Waals surface area contributed by atoms with Crippen LogP contribution in [0.5, 0.6) is 11.5 Å². The van der Waals surface area contributed by atoms with Crippen molar-refractivity contribution in [2.45, 2.75) is 19.4 Å². The number of aromatic hydroxyl groups is 2. The standard InChI is InChI=1S/C14H19NO4/c1-15(7-5-10(6-8-15)14(18)19)9-11-3-2-4-12(16)13(11)17/h2-4,10H,5-9H2,1H3,(H2-,16,17,18,19). The number of hydrogen-bond acceptors (Lipinski definition) is 4. The number of hydrogen-bond donors (Lipinski definition) is 2. The lowest BCUT2D eigenvalue weighted by Crippen LogP contribution is -2.51. The first-order valence-corrected chi connectivity index (χ1v) is 6.45. The number of piperidine rings is 1. The Labute approximate surface area is 112 Å². The second-order valence-electron chi connectivity index (χ2n) is 5.60. The molecule has 0 amide bonds. The summed E-state index contributed by atoms with van der Waals surface area (Å²) in [6.45, 7) is 2.04. The van der Waals surface area contributed by atoms with E-state index in [2.05, 4.69) is 0 Å². The number of phenols is 2. The molecule has 1 fully saturated rings. The molecule has 1 aliphatic rings. The minimum Gasteiger partial charge on any atom is -0.550 e. The molecule has 0 spiro atoms. The highest BCUT2D eigenvalue weighted by atomic mass is 16.4. The summed E-state index contributed by atoms with van der Waals surface area (Å²) in [7, 11) is 2.04. The Kier molecular flexibility index (Phi) is 3.66. The average Bonchev–Trinajstić information content (AvgIpc) is 2.35. The van der Waals surface area contributed by atoms with E-state index >= 15 is 0 Å². The van der Waals surface area contributed by atoms with Gasteiger partial charge in [-0.1, -0.05) is 6.07 Å². The summed E-state index contributed by atoms with van der Waals surface area (Å²) in [6.07, 6.45) is 1.19. The largest absolute Gasteiger partial charge is 0.550 e. The van der Waals surface area contributed by atoms with Crippen molar-refractivity contribution < 1.29 is 24.6 Å². The third-order valence-corrected chi connectivity index (χ3v) is 4.02. The molecule has 1 saturated heterocycles. The van der Waals surface area contributed by atoms with Crippen LogP contribution in [0.15, 0.2) is 18.2 Å². The van der Waals surface area contributed by atoms with Gasteiger partial charge in [-0.25, -0.2) is 0 Å². The second kappa shape index (κ2) is 5.09. The zero-order chi connectivity index (χ0) is 14.0. The van der Waals surface area contributed by atoms with Gasteiger partial charge in [-0.15, -0.1) is 0 Å². The number of quaternary nitrogens is 1. The van der Waals surface area contributed by atoms with E-state index in [1.165, 1.54) is 6.07 Å². The Morgan fingerprint density at radius 1 is 1.37 bits per heavy atom. The molecule has 0 saturated carbocycles. The third kappa shape index (κ3) is 2.98. The average molecular weight is 265 g/mol. The van der Waals surface area contributed by atoms with Crippen LogP contribution in [0.3, 0.4) is 0 Å². The second-order valence-corrected chi connectivity index (χ2v) is 5.60. The van der Waals surface area contributed by atoms with E-state index in [-0.39, 0.29) is 17.4 Å². The lowest BCUT2D eigenvalue weighted by atomic mass is 9.95. The maximum absolute atomic E-state index is 10.8. The van der Waals surface area contributed by atoms with Gasteiger partial charge < -0.3 is 24.6 Å². The number of benzene rings is 1. The molecule has 5 nitrogen and oxygen atoms in total. The van der Waals surface area contributed by atoms with Gasteiger partial charge in [0.2, 0.25) is 0 Å². The molecular formula is C14H19NO4. The summed E-state index contributed by atoms with van der Waals surface area (Å²) >= 11 is 0. The topological polar surface area (TPSA) is 80.6 Å². The van der Waals surface area contributed by atoms with Gasteiger partial charge in [0.05, 0.1) is 25.7 Å². The Hall–Kier alpha value is -1.75. The number of carboxylic acids is 1. The van der Waals surface area contributed by atoms with Gasteiger partial charge in [0.25, 0.3) is 0 Å². The maximum atomic E-state index is 10.8. The number of nitrogens with zero attached hydrogens (tertiary/aromatic N) is 1. The van der Waals surface area contributed by atoms with Crippen molar-refractivity contribution >= 4 is 5.97 Å². The fourth-order valence-electron chi connectivity index (χ4n) is 2.70. The number of rotatable bonds is 3. The molecule has 0 unspecified atom stereocenters. The predicted octanol–water partition coefficient (Wildman–Crippen LogP) is 0.204. The normalized spacial score (nSPS) is 27.1. The fraction of sp³-hybridized carbons (Fsp3) is 0.500. The van der Waals surface area contributed by atoms with Crippen LogP contribution in [0.2, 0.25) is 0 Å². The number of carboxylic acid groups (broad SMARTS) is 1. The van der Waals surface area contributed by atoms with Crippen LogP contribution in [-0.2, 0) is 11.3 Å². The van der Waals surface area contributed by atoms with E-state index in [0.717, 1.165) is 13.1 Å². The van der Waals surface area contributed by atoms with E-state index in [1.807, 2.05) is 7.05 Å². The quantitative estimate of drug-likeness (QED) is 0.604. The molecule has 0 aliphatic carbocycles. The zero-order valence-corrected chi connectivity index (χ0v) is 11.0. The minimum atomic E-state index is -0.966. The van der Waals surface area contributed by atoms with Gasteiger partial charge >= 0.3 is 0 Å². The summed E-state index contributed by atoms with van der Waals surface area (Å²) in [6, 6.07) is 4.93. The van der Waals surface area contributed by atoms with Crippen molar-refractivity contribution in [3.05, 3.63) is 23.8 Å². The van der Waals surface area contributed by atoms with Gasteiger partial charge in [0, 0.05) is 24.7 Å². The molecule has 0 bridgehead atoms. The third-order valence-electron chi connectivity index (χ3n) is 4.02. The molecule has 19 heavy (non-hydrogen) atoms. The number of phenolic OH excluding ortho intramolecular Hbond substituents is 2. The summed E-state index contributed by atoms with van der Waals surface area (Å²) < 4.78 is 0.667. The van der Waals surface area contributed by atoms with E-state index < -0.39 is 5.97 Å². The molecule has 1 heterocycles. The van der Waals surface area contributed by atoms with Crippen LogP contribution in [-0.4, -0.2) is 40.8 Å². The highest BCUT2D eigenvalue weighted by Gasteiger charge is 2.31. The van der Waals surface area contributed by atoms with Crippen LogP contribution in [0.25, 0.3) is 0 Å². The first kappa shape index (κ1) is 13.7. The number of para-hydroxylation sites is 1. The summed E-state index contributed by atoms with van der Waals surface area (Å²) in [5.74, 6) is -1.52. The molecular weight excluding hydrogens is 246 g/mol. The summed E-state index contributed by atoms with van der Waals surface area (Å²) in [5, 5.41) is 30.1. The fourth-order valence-corrected chi connectivity index (χ4v) is 2.70. The summed E-state index contributed by atoms with van der Waals surface area (Å²) in [5.41, 5.74) is 0.689. The van der Waals surface area contributed by atoms with Crippen molar-refractivity contribution in [2.24, 2.45) is 5.92 Å². The van der Waals surface area contributed by atoms with Crippen molar-refractivity contribution in [3.63, 3.8) is 0 Å². The van der Waals surface area contributed by atoms with Crippen LogP contribution < -0.4 is 5.11 Å². The zero-order valence-electron chi connectivity index (χ0n) is 11.0. The Balaban J connectivity index is 2.07. The van der Waals surface area contributed by atoms with Crippen molar-refractivity contribution in [1.29, 1.82) is 0 Å². The lowest BCUT2D eigenvalue weighted by Gasteiger charge is -2.41. The molecule has 104 valence electrons. The Bertz CT molecular complexity index is 478. The van der Waals surface area contributed by atoms with Gasteiger partial charge in [0.15, 0.2) is 11.5 Å². The monoisotopic (exact) mass is 265 g/mol. The molecule has 0 atom stereocenters. The van der Waals surface area contributed by atoms with Crippen molar-refractivity contribution in [1.82, 2.24) is 0 Å². The van der Waals surface area contributed by atoms with Gasteiger partial charge in [0.1, 0.15) is 6.54 Å². The Morgan fingerprint density at radius 3 is 2.58 bits per heavy atom. The smallest absolute Gasteiger partial charge is 0.166 e. The van der Waals surface area contributed by atoms with E-state index in [4.69, 9.17) is 0 Å². The van der Waals surface area contributed by atoms with Crippen molar-refractivity contribution in [2.75, 3.05) is 20.1 Å². The molecule has 5 heteroatoms. The highest BCUT2D eigenvalue weighted by molar-refractivity contribution is 5.67. The van der Waals surface area contributed by atoms with Gasteiger partial charge in [-0.3, -0.25) is 0 Å². The van der Waals surface area contributed by atoms with Crippen LogP contribution in [0.1, 0.15) is 18.4 Å². The molecule has 2 rings (SSSR count). The Morgan fingerprint density at radius 2 is 2.00 bits per heavy atom. The maximum Gasteiger partial charge on any atom is 0.166 e. The molecule has 0 radical (unpaired) electrons. The number of likely N-dealkylation sites (tertiary alicyclic amines) is 1. The van der Waals surface area contributed by atoms with E-state index in [0.29, 0.717) is 29.4 Å². The highest BCUT2D eigenvalue weighted by Crippen LogP contribution is 2.32. The minimum absolute atomic E-state index is 0.0797. The molecule has 1 aliphatic heterocycles. The van der Waals surface area contributed by atoms with Crippen molar-refractivity contribution in [3.8, 4) is 11.5 Å². The molecule has 1 aromatic rings. The van der Waals surface area contributed by atoms with Gasteiger partial charge in [-0.05, 0) is 12.1 Å². The predicted molar refractivity (Wildman–Crippen MR) is 67.1 cm³/mol. The van der Waals surface area contributed by atoms with Gasteiger partial charge in [-0.2, -0.15) is 0 Å². The SMILES string of the molecule is C[N+]1(Cc2cccc(O)c2O)CCC(C(=O)[O-])CC1. The van der Waals surface area contributed by atoms with Crippen LogP contribution in [0, 0.1) is 5.92 Å².